The molecular weight excluding hydrogens is 692 g/mol. The molecule has 10 aromatic rings. The summed E-state index contributed by atoms with van der Waals surface area (Å²) in [5.41, 5.74) is 10.4. The van der Waals surface area contributed by atoms with Crippen molar-refractivity contribution >= 4 is 80.6 Å². The topological polar surface area (TPSA) is 0 Å². The zero-order valence-corrected chi connectivity index (χ0v) is 30.6. The summed E-state index contributed by atoms with van der Waals surface area (Å²) >= 11 is 3.93. The number of hydrogen-bond donors (Lipinski definition) is 0. The van der Waals surface area contributed by atoms with Crippen LogP contribution < -0.4 is 0 Å². The third kappa shape index (κ3) is 4.09. The second kappa shape index (κ2) is 10.9. The zero-order valence-electron chi connectivity index (χ0n) is 29.0. The maximum Gasteiger partial charge on any atom is 0.0181 e. The Hall–Kier alpha value is -5.76. The monoisotopic (exact) mass is 724 g/mol. The number of rotatable bonds is 2. The molecule has 244 valence electrons. The summed E-state index contributed by atoms with van der Waals surface area (Å²) < 4.78 is 1.08. The molecule has 0 atom stereocenters. The molecule has 0 saturated heterocycles. The van der Waals surface area contributed by atoms with Crippen LogP contribution in [0.1, 0.15) is 25.0 Å². The number of hydrogen-bond acceptors (Lipinski definition) is 0. The molecule has 0 aliphatic heterocycles. The molecule has 0 heterocycles. The van der Waals surface area contributed by atoms with Crippen LogP contribution in [-0.2, 0) is 5.41 Å². The van der Waals surface area contributed by atoms with Crippen molar-refractivity contribution in [3.05, 3.63) is 179 Å². The summed E-state index contributed by atoms with van der Waals surface area (Å²) in [6, 6.07) is 61.5. The molecule has 0 spiro atoms. The quantitative estimate of drug-likeness (QED) is 0.123. The Balaban J connectivity index is 1.40. The van der Waals surface area contributed by atoms with E-state index in [0.717, 1.165) is 4.47 Å². The van der Waals surface area contributed by atoms with E-state index in [4.69, 9.17) is 0 Å². The van der Waals surface area contributed by atoms with Crippen molar-refractivity contribution in [2.75, 3.05) is 0 Å². The zero-order chi connectivity index (χ0) is 34.7. The Bertz CT molecular complexity index is 3160. The van der Waals surface area contributed by atoms with Gasteiger partial charge in [-0.1, -0.05) is 157 Å². The first-order valence-electron chi connectivity index (χ1n) is 18.1. The summed E-state index contributed by atoms with van der Waals surface area (Å²) in [7, 11) is 0. The largest absolute Gasteiger partial charge is 0.0619 e. The highest BCUT2D eigenvalue weighted by molar-refractivity contribution is 9.10. The van der Waals surface area contributed by atoms with Crippen LogP contribution in [0.2, 0.25) is 0 Å². The second-order valence-electron chi connectivity index (χ2n) is 14.9. The van der Waals surface area contributed by atoms with Crippen molar-refractivity contribution in [3.8, 4) is 33.4 Å². The summed E-state index contributed by atoms with van der Waals surface area (Å²) in [5, 5.41) is 15.3. The average Bonchev–Trinajstić information content (AvgIpc) is 3.41. The fourth-order valence-electron chi connectivity index (χ4n) is 9.50. The van der Waals surface area contributed by atoms with E-state index in [2.05, 4.69) is 194 Å². The van der Waals surface area contributed by atoms with E-state index < -0.39 is 0 Å². The van der Waals surface area contributed by atoms with Gasteiger partial charge in [0.25, 0.3) is 0 Å². The Morgan fingerprint density at radius 1 is 0.327 bits per heavy atom. The summed E-state index contributed by atoms with van der Waals surface area (Å²) in [4.78, 5) is 0. The van der Waals surface area contributed by atoms with Gasteiger partial charge in [-0.3, -0.25) is 0 Å². The van der Waals surface area contributed by atoms with Gasteiger partial charge in [0, 0.05) is 9.89 Å². The molecule has 0 amide bonds. The van der Waals surface area contributed by atoms with E-state index in [1.165, 1.54) is 109 Å². The van der Waals surface area contributed by atoms with E-state index in [9.17, 15) is 0 Å². The standard InChI is InChI=1S/C51H33Br/c1-51(2)47-22-12-11-21-39(47)41-28-45-46(29-48(41)51)50(43-26-31-14-4-6-16-34(31)36-18-8-10-20-38(36)43)44-27-32(52)23-24-40(44)49(45)42-25-30-13-3-5-15-33(30)35-17-7-9-19-37(35)42/h3-29H,1-2H3. The van der Waals surface area contributed by atoms with E-state index in [1.54, 1.807) is 0 Å². The molecule has 1 aliphatic carbocycles. The fourth-order valence-corrected chi connectivity index (χ4v) is 9.86. The SMILES string of the molecule is CC1(C)c2ccccc2-c2cc3c(-c4cc5ccccc5c5ccccc45)c4ccc(Br)cc4c(-c4cc5ccccc5c5ccccc45)c3cc21. The van der Waals surface area contributed by atoms with Crippen LogP contribution in [0.5, 0.6) is 0 Å². The first kappa shape index (κ1) is 29.9. The van der Waals surface area contributed by atoms with Crippen molar-refractivity contribution in [1.82, 2.24) is 0 Å². The molecule has 1 aliphatic rings. The van der Waals surface area contributed by atoms with Crippen LogP contribution >= 0.6 is 15.9 Å². The molecule has 0 aromatic heterocycles. The van der Waals surface area contributed by atoms with Gasteiger partial charge in [-0.25, -0.2) is 0 Å². The van der Waals surface area contributed by atoms with Crippen LogP contribution in [0, 0.1) is 0 Å². The van der Waals surface area contributed by atoms with E-state index in [0.29, 0.717) is 0 Å². The molecule has 0 nitrogen and oxygen atoms in total. The molecule has 0 N–H and O–H groups in total. The molecule has 0 fully saturated rings. The normalized spacial score (nSPS) is 13.4. The molecular formula is C51H33Br. The van der Waals surface area contributed by atoms with E-state index in [-0.39, 0.29) is 5.41 Å². The van der Waals surface area contributed by atoms with Crippen LogP contribution in [0.25, 0.3) is 98.0 Å². The second-order valence-corrected chi connectivity index (χ2v) is 15.9. The van der Waals surface area contributed by atoms with Gasteiger partial charge in [-0.2, -0.15) is 0 Å². The lowest BCUT2D eigenvalue weighted by Crippen LogP contribution is -2.14. The van der Waals surface area contributed by atoms with Crippen molar-refractivity contribution in [2.24, 2.45) is 0 Å². The highest BCUT2D eigenvalue weighted by atomic mass is 79.9. The van der Waals surface area contributed by atoms with Crippen LogP contribution in [0.3, 0.4) is 0 Å². The maximum atomic E-state index is 3.93. The van der Waals surface area contributed by atoms with E-state index in [1.807, 2.05) is 0 Å². The molecule has 0 radical (unpaired) electrons. The van der Waals surface area contributed by atoms with Gasteiger partial charge in [0.05, 0.1) is 0 Å². The molecule has 0 bridgehead atoms. The minimum Gasteiger partial charge on any atom is -0.0619 e. The Labute approximate surface area is 311 Å². The van der Waals surface area contributed by atoms with Gasteiger partial charge in [0.2, 0.25) is 0 Å². The van der Waals surface area contributed by atoms with E-state index >= 15 is 0 Å². The van der Waals surface area contributed by atoms with Gasteiger partial charge >= 0.3 is 0 Å². The number of fused-ring (bicyclic) bond motifs is 11. The highest BCUT2D eigenvalue weighted by Crippen LogP contribution is 2.55. The van der Waals surface area contributed by atoms with Crippen LogP contribution in [-0.4, -0.2) is 0 Å². The maximum absolute atomic E-state index is 3.93. The van der Waals surface area contributed by atoms with Gasteiger partial charge < -0.3 is 0 Å². The van der Waals surface area contributed by atoms with Crippen LogP contribution in [0.4, 0.5) is 0 Å². The summed E-state index contributed by atoms with van der Waals surface area (Å²) in [5.74, 6) is 0. The minimum atomic E-state index is -0.134. The third-order valence-electron chi connectivity index (χ3n) is 11.9. The Morgan fingerprint density at radius 2 is 0.808 bits per heavy atom. The van der Waals surface area contributed by atoms with Crippen molar-refractivity contribution in [1.29, 1.82) is 0 Å². The predicted molar refractivity (Wildman–Crippen MR) is 228 cm³/mol. The molecule has 1 heteroatoms. The first-order valence-corrected chi connectivity index (χ1v) is 18.9. The Kier molecular flexibility index (Phi) is 6.26. The lowest BCUT2D eigenvalue weighted by molar-refractivity contribution is 0.661. The van der Waals surface area contributed by atoms with Crippen molar-refractivity contribution in [3.63, 3.8) is 0 Å². The van der Waals surface area contributed by atoms with Crippen LogP contribution in [0.15, 0.2) is 168 Å². The smallest absolute Gasteiger partial charge is 0.0181 e. The molecule has 11 rings (SSSR count). The molecule has 0 saturated carbocycles. The van der Waals surface area contributed by atoms with Gasteiger partial charge in [0.1, 0.15) is 0 Å². The highest BCUT2D eigenvalue weighted by Gasteiger charge is 2.36. The first-order chi connectivity index (χ1) is 25.5. The fraction of sp³-hybridized carbons (Fsp3) is 0.0588. The van der Waals surface area contributed by atoms with Gasteiger partial charge in [-0.05, 0) is 146 Å². The minimum absolute atomic E-state index is 0.134. The van der Waals surface area contributed by atoms with Crippen molar-refractivity contribution in [2.45, 2.75) is 19.3 Å². The Morgan fingerprint density at radius 3 is 1.44 bits per heavy atom. The lowest BCUT2D eigenvalue weighted by atomic mass is 9.78. The third-order valence-corrected chi connectivity index (χ3v) is 12.3. The average molecular weight is 726 g/mol. The van der Waals surface area contributed by atoms with Gasteiger partial charge in [-0.15, -0.1) is 0 Å². The predicted octanol–water partition coefficient (Wildman–Crippen LogP) is 15.0. The number of benzene rings is 10. The lowest BCUT2D eigenvalue weighted by Gasteiger charge is -2.25. The summed E-state index contributed by atoms with van der Waals surface area (Å²) in [6.07, 6.45) is 0. The summed E-state index contributed by atoms with van der Waals surface area (Å²) in [6.45, 7) is 4.79. The van der Waals surface area contributed by atoms with Crippen molar-refractivity contribution < 1.29 is 0 Å². The number of halogens is 1. The molecule has 52 heavy (non-hydrogen) atoms. The molecule has 10 aromatic carbocycles. The van der Waals surface area contributed by atoms with Gasteiger partial charge in [0.15, 0.2) is 0 Å². The molecule has 0 unspecified atom stereocenters.